The van der Waals surface area contributed by atoms with Crippen molar-refractivity contribution in [3.05, 3.63) is 41.6 Å². The van der Waals surface area contributed by atoms with E-state index in [1.807, 2.05) is 37.0 Å². The fourth-order valence-corrected chi connectivity index (χ4v) is 5.23. The Labute approximate surface area is 212 Å². The number of imidazole rings is 1. The van der Waals surface area contributed by atoms with E-state index < -0.39 is 0 Å². The predicted molar refractivity (Wildman–Crippen MR) is 137 cm³/mol. The van der Waals surface area contributed by atoms with Crippen LogP contribution in [0.25, 0.3) is 16.5 Å². The Kier molecular flexibility index (Phi) is 5.96. The highest BCUT2D eigenvalue weighted by Crippen LogP contribution is 2.39. The number of thiazole rings is 1. The van der Waals surface area contributed by atoms with E-state index in [-0.39, 0.29) is 11.9 Å². The zero-order valence-electron chi connectivity index (χ0n) is 20.3. The Bertz CT molecular complexity index is 1380. The third-order valence-electron chi connectivity index (χ3n) is 6.59. The number of piperidine rings is 1. The van der Waals surface area contributed by atoms with Gasteiger partial charge in [-0.1, -0.05) is 0 Å². The van der Waals surface area contributed by atoms with Gasteiger partial charge in [-0.05, 0) is 62.4 Å². The van der Waals surface area contributed by atoms with E-state index in [1.165, 1.54) is 30.6 Å². The number of amides is 1. The predicted octanol–water partition coefficient (Wildman–Crippen LogP) is 4.08. The van der Waals surface area contributed by atoms with Crippen molar-refractivity contribution in [2.75, 3.05) is 23.3 Å². The summed E-state index contributed by atoms with van der Waals surface area (Å²) >= 11 is 1.38. The standard InChI is InChI=1S/C24H28N10OS/c1-15(2)34-22(29-30-31-34)24-28-21(13-36-24)27-23(35)17-10-19(33-12-18(26-14-33)16-6-7-16)20(11-25-17)32-8-4-3-5-9-32/h10-16H,3-9H2,1-2H3,(H,27,35). The normalized spacial score (nSPS) is 16.0. The van der Waals surface area contributed by atoms with Crippen LogP contribution in [0.5, 0.6) is 0 Å². The SMILES string of the molecule is CC(C)n1nnnc1-c1nc(NC(=O)c2cc(-n3cnc(C4CC4)c3)c(N3CCCCC3)cn2)cs1. The largest absolute Gasteiger partial charge is 0.369 e. The van der Waals surface area contributed by atoms with Gasteiger partial charge in [0, 0.05) is 30.6 Å². The lowest BCUT2D eigenvalue weighted by atomic mass is 10.1. The van der Waals surface area contributed by atoms with Gasteiger partial charge >= 0.3 is 0 Å². The third kappa shape index (κ3) is 4.48. The van der Waals surface area contributed by atoms with Gasteiger partial charge in [0.25, 0.3) is 5.91 Å². The van der Waals surface area contributed by atoms with Gasteiger partial charge in [-0.15, -0.1) is 16.4 Å². The number of rotatable bonds is 7. The highest BCUT2D eigenvalue weighted by atomic mass is 32.1. The fraction of sp³-hybridized carbons (Fsp3) is 0.458. The lowest BCUT2D eigenvalue weighted by molar-refractivity contribution is 0.102. The Morgan fingerprint density at radius 1 is 1.14 bits per heavy atom. The van der Waals surface area contributed by atoms with Crippen LogP contribution in [0.2, 0.25) is 0 Å². The van der Waals surface area contributed by atoms with Crippen molar-refractivity contribution in [2.45, 2.75) is 57.9 Å². The summed E-state index contributed by atoms with van der Waals surface area (Å²) in [5.74, 6) is 1.27. The van der Waals surface area contributed by atoms with Gasteiger partial charge in [0.15, 0.2) is 5.01 Å². The topological polar surface area (TPSA) is 120 Å². The van der Waals surface area contributed by atoms with Gasteiger partial charge in [0.05, 0.1) is 35.6 Å². The first kappa shape index (κ1) is 22.8. The molecule has 0 atom stereocenters. The van der Waals surface area contributed by atoms with E-state index in [1.54, 1.807) is 10.1 Å². The maximum absolute atomic E-state index is 13.2. The van der Waals surface area contributed by atoms with Crippen LogP contribution in [-0.2, 0) is 0 Å². The molecule has 186 valence electrons. The van der Waals surface area contributed by atoms with Gasteiger partial charge in [0.2, 0.25) is 5.82 Å². The molecule has 2 fully saturated rings. The summed E-state index contributed by atoms with van der Waals surface area (Å²) in [4.78, 5) is 29.2. The summed E-state index contributed by atoms with van der Waals surface area (Å²) in [7, 11) is 0. The van der Waals surface area contributed by atoms with E-state index in [9.17, 15) is 4.79 Å². The molecule has 0 spiro atoms. The van der Waals surface area contributed by atoms with E-state index in [4.69, 9.17) is 0 Å². The number of anilines is 2. The number of aromatic nitrogens is 8. The lowest BCUT2D eigenvalue weighted by Crippen LogP contribution is -2.30. The molecule has 0 aromatic carbocycles. The summed E-state index contributed by atoms with van der Waals surface area (Å²) in [6.07, 6.45) is 11.7. The van der Waals surface area contributed by atoms with Crippen molar-refractivity contribution in [2.24, 2.45) is 0 Å². The van der Waals surface area contributed by atoms with Crippen LogP contribution in [0.3, 0.4) is 0 Å². The minimum atomic E-state index is -0.315. The molecule has 1 N–H and O–H groups in total. The molecule has 1 amide bonds. The molecule has 2 aliphatic rings. The average Bonchev–Trinajstić information content (AvgIpc) is 3.28. The van der Waals surface area contributed by atoms with Crippen LogP contribution in [0.15, 0.2) is 30.2 Å². The number of pyridine rings is 1. The minimum absolute atomic E-state index is 0.0987. The molecular weight excluding hydrogens is 476 g/mol. The second kappa shape index (κ2) is 9.41. The smallest absolute Gasteiger partial charge is 0.275 e. The molecule has 0 radical (unpaired) electrons. The average molecular weight is 505 g/mol. The summed E-state index contributed by atoms with van der Waals surface area (Å²) in [6.45, 7) is 5.98. The van der Waals surface area contributed by atoms with Gasteiger partial charge in [-0.2, -0.15) is 0 Å². The number of nitrogens with one attached hydrogen (secondary N) is 1. The molecular formula is C24H28N10OS. The van der Waals surface area contributed by atoms with Crippen molar-refractivity contribution in [3.63, 3.8) is 0 Å². The van der Waals surface area contributed by atoms with Gasteiger partial charge < -0.3 is 14.8 Å². The maximum atomic E-state index is 13.2. The molecule has 4 aromatic heterocycles. The van der Waals surface area contributed by atoms with E-state index in [0.29, 0.717) is 28.3 Å². The second-order valence-electron chi connectivity index (χ2n) is 9.62. The molecule has 1 aliphatic carbocycles. The summed E-state index contributed by atoms with van der Waals surface area (Å²) in [5, 5.41) is 17.2. The molecule has 1 saturated carbocycles. The molecule has 6 rings (SSSR count). The molecule has 0 bridgehead atoms. The number of tetrazole rings is 1. The third-order valence-corrected chi connectivity index (χ3v) is 7.42. The molecule has 36 heavy (non-hydrogen) atoms. The first-order valence-electron chi connectivity index (χ1n) is 12.4. The summed E-state index contributed by atoms with van der Waals surface area (Å²) in [6, 6.07) is 1.95. The van der Waals surface area contributed by atoms with Crippen molar-refractivity contribution in [1.29, 1.82) is 0 Å². The fourth-order valence-electron chi connectivity index (χ4n) is 4.50. The zero-order valence-corrected chi connectivity index (χ0v) is 21.1. The Balaban J connectivity index is 1.27. The number of carbonyl (C=O) groups is 1. The molecule has 12 heteroatoms. The lowest BCUT2D eigenvalue weighted by Gasteiger charge is -2.30. The van der Waals surface area contributed by atoms with Crippen LogP contribution >= 0.6 is 11.3 Å². The van der Waals surface area contributed by atoms with Gasteiger partial charge in [-0.3, -0.25) is 4.79 Å². The van der Waals surface area contributed by atoms with E-state index in [0.717, 1.165) is 43.0 Å². The highest BCUT2D eigenvalue weighted by molar-refractivity contribution is 7.13. The number of nitrogens with zero attached hydrogens (tertiary/aromatic N) is 9. The monoisotopic (exact) mass is 504 g/mol. The van der Waals surface area contributed by atoms with Crippen LogP contribution in [0.4, 0.5) is 11.5 Å². The summed E-state index contributed by atoms with van der Waals surface area (Å²) < 4.78 is 3.74. The highest BCUT2D eigenvalue weighted by Gasteiger charge is 2.27. The number of carbonyl (C=O) groups excluding carboxylic acids is 1. The van der Waals surface area contributed by atoms with Gasteiger partial charge in [-0.25, -0.2) is 19.6 Å². The van der Waals surface area contributed by atoms with Gasteiger partial charge in [0.1, 0.15) is 11.5 Å². The Morgan fingerprint density at radius 3 is 2.75 bits per heavy atom. The van der Waals surface area contributed by atoms with Crippen LogP contribution < -0.4 is 10.2 Å². The van der Waals surface area contributed by atoms with E-state index in [2.05, 4.69) is 46.9 Å². The number of hydrogen-bond acceptors (Lipinski definition) is 9. The van der Waals surface area contributed by atoms with Crippen molar-refractivity contribution < 1.29 is 4.79 Å². The van der Waals surface area contributed by atoms with Crippen molar-refractivity contribution >= 4 is 28.7 Å². The Hall–Kier alpha value is -3.67. The van der Waals surface area contributed by atoms with Crippen LogP contribution in [0, 0.1) is 0 Å². The number of hydrogen-bond donors (Lipinski definition) is 1. The molecule has 5 heterocycles. The minimum Gasteiger partial charge on any atom is -0.369 e. The second-order valence-corrected chi connectivity index (χ2v) is 10.5. The van der Waals surface area contributed by atoms with Crippen molar-refractivity contribution in [1.82, 2.24) is 39.7 Å². The van der Waals surface area contributed by atoms with Crippen LogP contribution in [-0.4, -0.2) is 58.7 Å². The van der Waals surface area contributed by atoms with Crippen LogP contribution in [0.1, 0.15) is 74.1 Å². The quantitative estimate of drug-likeness (QED) is 0.400. The molecule has 1 saturated heterocycles. The Morgan fingerprint density at radius 2 is 1.97 bits per heavy atom. The maximum Gasteiger partial charge on any atom is 0.275 e. The molecule has 1 aliphatic heterocycles. The molecule has 4 aromatic rings. The molecule has 11 nitrogen and oxygen atoms in total. The first-order valence-corrected chi connectivity index (χ1v) is 13.3. The summed E-state index contributed by atoms with van der Waals surface area (Å²) in [5.41, 5.74) is 3.39. The van der Waals surface area contributed by atoms with Crippen molar-refractivity contribution in [3.8, 4) is 16.5 Å². The van der Waals surface area contributed by atoms with E-state index >= 15 is 0 Å². The first-order chi connectivity index (χ1) is 17.6. The zero-order chi connectivity index (χ0) is 24.6. The molecule has 0 unspecified atom stereocenters.